The highest BCUT2D eigenvalue weighted by Crippen LogP contribution is 2.40. The quantitative estimate of drug-likeness (QED) is 0.903. The third kappa shape index (κ3) is 2.80. The topological polar surface area (TPSA) is 24.9 Å². The maximum absolute atomic E-state index is 12.6. The molecule has 1 aromatic rings. The Balaban J connectivity index is 2.22. The van der Waals surface area contributed by atoms with E-state index in [1.807, 2.05) is 6.92 Å². The molecule has 1 N–H and O–H groups in total. The highest BCUT2D eigenvalue weighted by molar-refractivity contribution is 7.12. The number of nitrogens with zero attached hydrogens (tertiary/aromatic N) is 1. The minimum atomic E-state index is -4.31. The number of hydrogen-bond donors (Lipinski definition) is 1. The van der Waals surface area contributed by atoms with Gasteiger partial charge >= 0.3 is 6.18 Å². The maximum atomic E-state index is 12.6. The van der Waals surface area contributed by atoms with Crippen LogP contribution in [0.4, 0.5) is 13.2 Å². The van der Waals surface area contributed by atoms with E-state index in [2.05, 4.69) is 10.3 Å². The molecule has 0 amide bonds. The molecule has 0 fully saturated rings. The highest BCUT2D eigenvalue weighted by atomic mass is 32.1. The molecule has 2 rings (SSSR count). The molecule has 0 aromatic carbocycles. The number of rotatable bonds is 3. The van der Waals surface area contributed by atoms with Gasteiger partial charge in [-0.2, -0.15) is 13.2 Å². The van der Waals surface area contributed by atoms with E-state index in [9.17, 15) is 13.2 Å². The molecule has 1 aromatic heterocycles. The molecule has 1 unspecified atom stereocenters. The molecule has 0 bridgehead atoms. The maximum Gasteiger partial charge on any atom is 0.443 e. The zero-order valence-electron chi connectivity index (χ0n) is 9.60. The summed E-state index contributed by atoms with van der Waals surface area (Å²) in [4.78, 5) is 4.52. The largest absolute Gasteiger partial charge is 0.443 e. The van der Waals surface area contributed by atoms with Gasteiger partial charge in [0.1, 0.15) is 0 Å². The number of halogens is 3. The number of aryl methyl sites for hydroxylation is 1. The molecule has 1 heterocycles. The van der Waals surface area contributed by atoms with E-state index in [1.54, 1.807) is 0 Å². The van der Waals surface area contributed by atoms with Gasteiger partial charge in [-0.15, -0.1) is 11.3 Å². The summed E-state index contributed by atoms with van der Waals surface area (Å²) >= 11 is 0.802. The molecule has 6 heteroatoms. The van der Waals surface area contributed by atoms with Crippen LogP contribution in [0.1, 0.15) is 47.8 Å². The normalized spacial score (nSPS) is 20.4. The molecule has 0 radical (unpaired) electrons. The van der Waals surface area contributed by atoms with Gasteiger partial charge in [0.15, 0.2) is 5.01 Å². The first-order chi connectivity index (χ1) is 8.02. The molecular weight excluding hydrogens is 249 g/mol. The predicted octanol–water partition coefficient (Wildman–Crippen LogP) is 3.54. The molecule has 2 nitrogen and oxygen atoms in total. The van der Waals surface area contributed by atoms with E-state index in [4.69, 9.17) is 0 Å². The SMILES string of the molecule is CCCNC1CCCc2nc(C(F)(F)F)sc21. The molecule has 17 heavy (non-hydrogen) atoms. The standard InChI is InChI=1S/C11H15F3N2S/c1-2-6-15-7-4-3-5-8-9(7)17-10(16-8)11(12,13)14/h7,15H,2-6H2,1H3. The third-order valence-corrected chi connectivity index (χ3v) is 4.09. The second kappa shape index (κ2) is 4.94. The smallest absolute Gasteiger partial charge is 0.309 e. The average Bonchev–Trinajstić information content (AvgIpc) is 2.70. The molecule has 0 saturated heterocycles. The first-order valence-electron chi connectivity index (χ1n) is 5.82. The van der Waals surface area contributed by atoms with Gasteiger partial charge in [0.25, 0.3) is 0 Å². The van der Waals surface area contributed by atoms with Crippen molar-refractivity contribution in [3.63, 3.8) is 0 Å². The Hall–Kier alpha value is -0.620. The van der Waals surface area contributed by atoms with Gasteiger partial charge < -0.3 is 5.32 Å². The van der Waals surface area contributed by atoms with Crippen molar-refractivity contribution in [1.29, 1.82) is 0 Å². The lowest BCUT2D eigenvalue weighted by Gasteiger charge is -2.22. The van der Waals surface area contributed by atoms with Crippen LogP contribution in [-0.4, -0.2) is 11.5 Å². The van der Waals surface area contributed by atoms with Gasteiger partial charge in [-0.1, -0.05) is 6.92 Å². The Morgan fingerprint density at radius 1 is 1.47 bits per heavy atom. The second-order valence-electron chi connectivity index (χ2n) is 4.23. The van der Waals surface area contributed by atoms with Crippen LogP contribution in [0.15, 0.2) is 0 Å². The fourth-order valence-electron chi connectivity index (χ4n) is 2.05. The van der Waals surface area contributed by atoms with Crippen molar-refractivity contribution in [3.05, 3.63) is 15.6 Å². The summed E-state index contributed by atoms with van der Waals surface area (Å²) in [7, 11) is 0. The van der Waals surface area contributed by atoms with Crippen LogP contribution in [0, 0.1) is 0 Å². The van der Waals surface area contributed by atoms with E-state index < -0.39 is 11.2 Å². The molecule has 0 saturated carbocycles. The summed E-state index contributed by atoms with van der Waals surface area (Å²) in [6.07, 6.45) is -0.831. The Kier molecular flexibility index (Phi) is 3.73. The Labute approximate surface area is 102 Å². The zero-order valence-corrected chi connectivity index (χ0v) is 10.4. The molecular formula is C11H15F3N2S. The minimum Gasteiger partial charge on any atom is -0.309 e. The lowest BCUT2D eigenvalue weighted by atomic mass is 9.98. The fraction of sp³-hybridized carbons (Fsp3) is 0.727. The number of fused-ring (bicyclic) bond motifs is 1. The van der Waals surface area contributed by atoms with E-state index in [0.717, 1.165) is 42.0 Å². The van der Waals surface area contributed by atoms with Crippen molar-refractivity contribution in [1.82, 2.24) is 10.3 Å². The first kappa shape index (κ1) is 12.8. The van der Waals surface area contributed by atoms with Crippen molar-refractivity contribution in [2.24, 2.45) is 0 Å². The van der Waals surface area contributed by atoms with Crippen LogP contribution in [0.2, 0.25) is 0 Å². The summed E-state index contributed by atoms with van der Waals surface area (Å²) in [6, 6.07) is 0.0623. The van der Waals surface area contributed by atoms with Crippen LogP contribution >= 0.6 is 11.3 Å². The highest BCUT2D eigenvalue weighted by Gasteiger charge is 2.37. The number of nitrogens with one attached hydrogen (secondary N) is 1. The van der Waals surface area contributed by atoms with Crippen LogP contribution < -0.4 is 5.32 Å². The Bertz CT molecular complexity index is 387. The van der Waals surface area contributed by atoms with Crippen LogP contribution in [0.5, 0.6) is 0 Å². The Morgan fingerprint density at radius 3 is 2.88 bits per heavy atom. The average molecular weight is 264 g/mol. The third-order valence-electron chi connectivity index (χ3n) is 2.83. The van der Waals surface area contributed by atoms with E-state index in [1.165, 1.54) is 0 Å². The van der Waals surface area contributed by atoms with Gasteiger partial charge in [-0.05, 0) is 32.2 Å². The van der Waals surface area contributed by atoms with E-state index in [-0.39, 0.29) is 6.04 Å². The Morgan fingerprint density at radius 2 is 2.24 bits per heavy atom. The predicted molar refractivity (Wildman–Crippen MR) is 61.1 cm³/mol. The van der Waals surface area contributed by atoms with Gasteiger partial charge in [0.2, 0.25) is 0 Å². The number of alkyl halides is 3. The zero-order chi connectivity index (χ0) is 12.5. The summed E-state index contributed by atoms with van der Waals surface area (Å²) in [5.41, 5.74) is 0.641. The number of aromatic nitrogens is 1. The molecule has 1 atom stereocenters. The van der Waals surface area contributed by atoms with Crippen molar-refractivity contribution in [2.75, 3.05) is 6.54 Å². The van der Waals surface area contributed by atoms with Crippen LogP contribution in [0.3, 0.4) is 0 Å². The lowest BCUT2D eigenvalue weighted by Crippen LogP contribution is -2.24. The van der Waals surface area contributed by atoms with Gasteiger partial charge in [0.05, 0.1) is 5.69 Å². The molecule has 1 aliphatic rings. The molecule has 0 spiro atoms. The molecule has 1 aliphatic carbocycles. The first-order valence-corrected chi connectivity index (χ1v) is 6.64. The van der Waals surface area contributed by atoms with Crippen molar-refractivity contribution < 1.29 is 13.2 Å². The van der Waals surface area contributed by atoms with Gasteiger partial charge in [-0.25, -0.2) is 4.98 Å². The van der Waals surface area contributed by atoms with E-state index in [0.29, 0.717) is 12.1 Å². The van der Waals surface area contributed by atoms with Crippen LogP contribution in [-0.2, 0) is 12.6 Å². The lowest BCUT2D eigenvalue weighted by molar-refractivity contribution is -0.137. The van der Waals surface area contributed by atoms with Crippen molar-refractivity contribution >= 4 is 11.3 Å². The van der Waals surface area contributed by atoms with Gasteiger partial charge in [0, 0.05) is 10.9 Å². The van der Waals surface area contributed by atoms with Crippen molar-refractivity contribution in [2.45, 2.75) is 44.8 Å². The molecule has 96 valence electrons. The molecule has 0 aliphatic heterocycles. The summed E-state index contributed by atoms with van der Waals surface area (Å²) < 4.78 is 37.7. The van der Waals surface area contributed by atoms with Gasteiger partial charge in [-0.3, -0.25) is 0 Å². The number of thiazole rings is 1. The second-order valence-corrected chi connectivity index (χ2v) is 5.26. The van der Waals surface area contributed by atoms with Crippen LogP contribution in [0.25, 0.3) is 0 Å². The van der Waals surface area contributed by atoms with Crippen molar-refractivity contribution in [3.8, 4) is 0 Å². The summed E-state index contributed by atoms with van der Waals surface area (Å²) in [5.74, 6) is 0. The summed E-state index contributed by atoms with van der Waals surface area (Å²) in [6.45, 7) is 2.88. The summed E-state index contributed by atoms with van der Waals surface area (Å²) in [5, 5.41) is 2.59. The minimum absolute atomic E-state index is 0.0623. The monoisotopic (exact) mass is 264 g/mol. The number of hydrogen-bond acceptors (Lipinski definition) is 3. The fourth-order valence-corrected chi connectivity index (χ4v) is 3.14. The van der Waals surface area contributed by atoms with E-state index >= 15 is 0 Å².